The minimum atomic E-state index is -0.462. The Bertz CT molecular complexity index is 657. The Morgan fingerprint density at radius 2 is 2.10 bits per heavy atom. The predicted octanol–water partition coefficient (Wildman–Crippen LogP) is 1.52. The number of benzene rings is 1. The number of nitriles is 1. The summed E-state index contributed by atoms with van der Waals surface area (Å²) in [6.45, 7) is -0.184. The van der Waals surface area contributed by atoms with E-state index in [1.54, 1.807) is 30.3 Å². The first-order valence-electron chi connectivity index (χ1n) is 5.81. The first-order chi connectivity index (χ1) is 9.69. The zero-order chi connectivity index (χ0) is 14.4. The lowest BCUT2D eigenvalue weighted by atomic mass is 10.2. The molecule has 100 valence electrons. The van der Waals surface area contributed by atoms with E-state index in [-0.39, 0.29) is 18.2 Å². The lowest BCUT2D eigenvalue weighted by Gasteiger charge is -2.06. The van der Waals surface area contributed by atoms with E-state index in [0.29, 0.717) is 11.3 Å². The molecule has 1 aromatic carbocycles. The van der Waals surface area contributed by atoms with E-state index in [1.807, 2.05) is 6.07 Å². The first kappa shape index (κ1) is 13.4. The van der Waals surface area contributed by atoms with Crippen LogP contribution in [0.3, 0.4) is 0 Å². The minimum Gasteiger partial charge on any atom is -0.459 e. The summed E-state index contributed by atoms with van der Waals surface area (Å²) in [7, 11) is 0. The number of nitrogens with zero attached hydrogens (tertiary/aromatic N) is 1. The molecule has 0 atom stereocenters. The lowest BCUT2D eigenvalue weighted by Crippen LogP contribution is -2.32. The number of carbonyl (C=O) groups is 2. The van der Waals surface area contributed by atoms with E-state index < -0.39 is 5.91 Å². The Morgan fingerprint density at radius 1 is 1.25 bits per heavy atom. The molecule has 0 saturated carbocycles. The third kappa shape index (κ3) is 3.46. The van der Waals surface area contributed by atoms with Gasteiger partial charge in [-0.3, -0.25) is 9.59 Å². The standard InChI is InChI=1S/C14H11N3O3/c15-8-10-3-1-4-11(7-10)17-13(18)9-16-14(19)12-5-2-6-20-12/h1-7H,9H2,(H,16,19)(H,17,18). The van der Waals surface area contributed by atoms with Gasteiger partial charge in [-0.2, -0.15) is 5.26 Å². The largest absolute Gasteiger partial charge is 0.459 e. The molecule has 0 saturated heterocycles. The molecule has 2 N–H and O–H groups in total. The number of furan rings is 1. The number of anilines is 1. The van der Waals surface area contributed by atoms with Crippen LogP contribution in [0, 0.1) is 11.3 Å². The van der Waals surface area contributed by atoms with Crippen molar-refractivity contribution >= 4 is 17.5 Å². The van der Waals surface area contributed by atoms with Crippen molar-refractivity contribution in [1.29, 1.82) is 5.26 Å². The second-order valence-corrected chi connectivity index (χ2v) is 3.90. The molecule has 2 rings (SSSR count). The maximum atomic E-state index is 11.6. The molecular formula is C14H11N3O3. The molecule has 0 aliphatic rings. The summed E-state index contributed by atoms with van der Waals surface area (Å²) in [5.74, 6) is -0.708. The molecule has 6 heteroatoms. The molecule has 2 aromatic rings. The highest BCUT2D eigenvalue weighted by molar-refractivity contribution is 5.98. The van der Waals surface area contributed by atoms with E-state index in [4.69, 9.17) is 9.68 Å². The molecule has 0 fully saturated rings. The van der Waals surface area contributed by atoms with Crippen molar-refractivity contribution in [3.05, 3.63) is 54.0 Å². The second-order valence-electron chi connectivity index (χ2n) is 3.90. The Morgan fingerprint density at radius 3 is 2.80 bits per heavy atom. The van der Waals surface area contributed by atoms with Gasteiger partial charge in [-0.25, -0.2) is 0 Å². The second kappa shape index (κ2) is 6.20. The summed E-state index contributed by atoms with van der Waals surface area (Å²) in [6.07, 6.45) is 1.38. The number of hydrogen-bond acceptors (Lipinski definition) is 4. The zero-order valence-electron chi connectivity index (χ0n) is 10.4. The highest BCUT2D eigenvalue weighted by Crippen LogP contribution is 2.09. The van der Waals surface area contributed by atoms with Crippen molar-refractivity contribution < 1.29 is 14.0 Å². The molecule has 20 heavy (non-hydrogen) atoms. The number of hydrogen-bond donors (Lipinski definition) is 2. The average Bonchev–Trinajstić information content (AvgIpc) is 2.99. The van der Waals surface area contributed by atoms with Crippen LogP contribution >= 0.6 is 0 Å². The summed E-state index contributed by atoms with van der Waals surface area (Å²) >= 11 is 0. The molecule has 0 radical (unpaired) electrons. The number of amides is 2. The van der Waals surface area contributed by atoms with Crippen LogP contribution in [0.15, 0.2) is 47.1 Å². The summed E-state index contributed by atoms with van der Waals surface area (Å²) in [4.78, 5) is 23.2. The fraction of sp³-hybridized carbons (Fsp3) is 0.0714. The van der Waals surface area contributed by atoms with Crippen LogP contribution < -0.4 is 10.6 Å². The molecule has 1 heterocycles. The normalized spacial score (nSPS) is 9.55. The summed E-state index contributed by atoms with van der Waals surface area (Å²) in [6, 6.07) is 11.6. The fourth-order valence-electron chi connectivity index (χ4n) is 1.53. The topological polar surface area (TPSA) is 95.1 Å². The molecule has 0 unspecified atom stereocenters. The van der Waals surface area contributed by atoms with Gasteiger partial charge in [0.25, 0.3) is 5.91 Å². The molecule has 0 spiro atoms. The highest BCUT2D eigenvalue weighted by Gasteiger charge is 2.10. The van der Waals surface area contributed by atoms with Gasteiger partial charge < -0.3 is 15.1 Å². The molecule has 1 aromatic heterocycles. The van der Waals surface area contributed by atoms with Crippen LogP contribution in [0.25, 0.3) is 0 Å². The smallest absolute Gasteiger partial charge is 0.287 e. The third-order valence-electron chi connectivity index (χ3n) is 2.43. The summed E-state index contributed by atoms with van der Waals surface area (Å²) in [5.41, 5.74) is 0.948. The fourth-order valence-corrected chi connectivity index (χ4v) is 1.53. The third-order valence-corrected chi connectivity index (χ3v) is 2.43. The number of rotatable bonds is 4. The van der Waals surface area contributed by atoms with Gasteiger partial charge in [-0.15, -0.1) is 0 Å². The van der Waals surface area contributed by atoms with E-state index in [1.165, 1.54) is 12.3 Å². The van der Waals surface area contributed by atoms with E-state index in [2.05, 4.69) is 10.6 Å². The summed E-state index contributed by atoms with van der Waals surface area (Å²) < 4.78 is 4.90. The van der Waals surface area contributed by atoms with Crippen LogP contribution in [-0.2, 0) is 4.79 Å². The Labute approximate surface area is 115 Å². The Hall–Kier alpha value is -3.07. The molecule has 0 aliphatic carbocycles. The Balaban J connectivity index is 1.86. The minimum absolute atomic E-state index is 0.143. The van der Waals surface area contributed by atoms with Crippen LogP contribution in [0.1, 0.15) is 16.1 Å². The van der Waals surface area contributed by atoms with Gasteiger partial charge in [0.2, 0.25) is 5.91 Å². The van der Waals surface area contributed by atoms with Gasteiger partial charge in [0.15, 0.2) is 5.76 Å². The zero-order valence-corrected chi connectivity index (χ0v) is 10.4. The lowest BCUT2D eigenvalue weighted by molar-refractivity contribution is -0.115. The Kier molecular flexibility index (Phi) is 4.14. The maximum Gasteiger partial charge on any atom is 0.287 e. The van der Waals surface area contributed by atoms with Crippen LogP contribution in [-0.4, -0.2) is 18.4 Å². The van der Waals surface area contributed by atoms with Gasteiger partial charge in [0, 0.05) is 5.69 Å². The van der Waals surface area contributed by atoms with E-state index >= 15 is 0 Å². The summed E-state index contributed by atoms with van der Waals surface area (Å²) in [5, 5.41) is 13.8. The van der Waals surface area contributed by atoms with Crippen molar-refractivity contribution in [2.75, 3.05) is 11.9 Å². The molecule has 2 amide bonds. The van der Waals surface area contributed by atoms with Crippen molar-refractivity contribution in [2.24, 2.45) is 0 Å². The quantitative estimate of drug-likeness (QED) is 0.879. The monoisotopic (exact) mass is 269 g/mol. The van der Waals surface area contributed by atoms with Crippen molar-refractivity contribution in [2.45, 2.75) is 0 Å². The average molecular weight is 269 g/mol. The van der Waals surface area contributed by atoms with Gasteiger partial charge >= 0.3 is 0 Å². The van der Waals surface area contributed by atoms with Gasteiger partial charge in [0.1, 0.15) is 0 Å². The maximum absolute atomic E-state index is 11.6. The molecular weight excluding hydrogens is 258 g/mol. The van der Waals surface area contributed by atoms with Crippen LogP contribution in [0.5, 0.6) is 0 Å². The van der Waals surface area contributed by atoms with Gasteiger partial charge in [-0.05, 0) is 30.3 Å². The van der Waals surface area contributed by atoms with Crippen LogP contribution in [0.2, 0.25) is 0 Å². The van der Waals surface area contributed by atoms with Gasteiger partial charge in [-0.1, -0.05) is 6.07 Å². The van der Waals surface area contributed by atoms with Crippen molar-refractivity contribution in [3.63, 3.8) is 0 Å². The molecule has 0 bridgehead atoms. The molecule has 0 aliphatic heterocycles. The first-order valence-corrected chi connectivity index (χ1v) is 5.81. The number of carbonyl (C=O) groups excluding carboxylic acids is 2. The van der Waals surface area contributed by atoms with Crippen molar-refractivity contribution in [3.8, 4) is 6.07 Å². The van der Waals surface area contributed by atoms with E-state index in [9.17, 15) is 9.59 Å². The molecule has 6 nitrogen and oxygen atoms in total. The van der Waals surface area contributed by atoms with Crippen molar-refractivity contribution in [1.82, 2.24) is 5.32 Å². The predicted molar refractivity (Wildman–Crippen MR) is 70.8 cm³/mol. The van der Waals surface area contributed by atoms with Crippen LogP contribution in [0.4, 0.5) is 5.69 Å². The highest BCUT2D eigenvalue weighted by atomic mass is 16.3. The number of nitrogens with one attached hydrogen (secondary N) is 2. The van der Waals surface area contributed by atoms with Gasteiger partial charge in [0.05, 0.1) is 24.4 Å². The SMILES string of the molecule is N#Cc1cccc(NC(=O)CNC(=O)c2ccco2)c1. The van der Waals surface area contributed by atoms with E-state index in [0.717, 1.165) is 0 Å².